The minimum Gasteiger partial charge on any atom is -0.497 e. The van der Waals surface area contributed by atoms with E-state index in [-0.39, 0.29) is 18.2 Å². The summed E-state index contributed by atoms with van der Waals surface area (Å²) < 4.78 is 13.1. The van der Waals surface area contributed by atoms with Crippen molar-refractivity contribution in [1.82, 2.24) is 14.7 Å². The summed E-state index contributed by atoms with van der Waals surface area (Å²) in [5.41, 5.74) is 1.90. The second-order valence-corrected chi connectivity index (χ2v) is 7.90. The number of carbonyl (C=O) groups is 1. The van der Waals surface area contributed by atoms with Crippen LogP contribution in [0.4, 0.5) is 10.5 Å². The van der Waals surface area contributed by atoms with E-state index in [1.807, 2.05) is 40.0 Å². The number of aryl methyl sites for hydroxylation is 1. The van der Waals surface area contributed by atoms with Crippen molar-refractivity contribution < 1.29 is 14.3 Å². The number of nitrogens with one attached hydrogen (secondary N) is 1. The largest absolute Gasteiger partial charge is 0.497 e. The molecule has 0 radical (unpaired) electrons. The Labute approximate surface area is 165 Å². The zero-order valence-corrected chi connectivity index (χ0v) is 16.7. The van der Waals surface area contributed by atoms with Crippen LogP contribution in [0.3, 0.4) is 0 Å². The molecule has 1 saturated heterocycles. The Morgan fingerprint density at radius 3 is 2.68 bits per heavy atom. The molecule has 7 nitrogen and oxygen atoms in total. The summed E-state index contributed by atoms with van der Waals surface area (Å²) in [5.74, 6) is 1.67. The molecule has 2 aromatic rings. The van der Waals surface area contributed by atoms with Gasteiger partial charge in [0.1, 0.15) is 5.75 Å². The van der Waals surface area contributed by atoms with Crippen LogP contribution >= 0.6 is 0 Å². The number of anilines is 1. The Kier molecular flexibility index (Phi) is 5.26. The maximum Gasteiger partial charge on any atom is 0.321 e. The van der Waals surface area contributed by atoms with Gasteiger partial charge in [0.15, 0.2) is 0 Å². The molecule has 0 spiro atoms. The fourth-order valence-electron chi connectivity index (χ4n) is 4.61. The van der Waals surface area contributed by atoms with Crippen molar-refractivity contribution in [2.45, 2.75) is 31.9 Å². The van der Waals surface area contributed by atoms with E-state index in [4.69, 9.17) is 9.47 Å². The molecule has 2 heterocycles. The zero-order chi connectivity index (χ0) is 19.7. The van der Waals surface area contributed by atoms with Gasteiger partial charge in [-0.1, -0.05) is 6.07 Å². The van der Waals surface area contributed by atoms with Gasteiger partial charge in [0.2, 0.25) is 0 Å². The SMILES string of the molecule is COc1cccc(NC(=O)N2C[C@H]3C[C@H](OC)[C@@H](n4cc(C)cn4)C[C@H]3C2)c1. The Morgan fingerprint density at radius 1 is 1.21 bits per heavy atom. The number of nitrogens with zero attached hydrogens (tertiary/aromatic N) is 3. The topological polar surface area (TPSA) is 68.6 Å². The van der Waals surface area contributed by atoms with Gasteiger partial charge in [0.25, 0.3) is 0 Å². The molecule has 1 aromatic heterocycles. The first-order valence-electron chi connectivity index (χ1n) is 9.81. The molecule has 1 saturated carbocycles. The average molecular weight is 384 g/mol. The van der Waals surface area contributed by atoms with Crippen molar-refractivity contribution >= 4 is 11.7 Å². The van der Waals surface area contributed by atoms with Gasteiger partial charge in [-0.15, -0.1) is 0 Å². The normalized spacial score (nSPS) is 26.8. The number of amides is 2. The smallest absolute Gasteiger partial charge is 0.321 e. The monoisotopic (exact) mass is 384 g/mol. The summed E-state index contributed by atoms with van der Waals surface area (Å²) in [6.45, 7) is 3.59. The molecule has 1 aromatic carbocycles. The lowest BCUT2D eigenvalue weighted by Crippen LogP contribution is -2.37. The number of likely N-dealkylation sites (tertiary alicyclic amines) is 1. The molecule has 0 unspecified atom stereocenters. The lowest BCUT2D eigenvalue weighted by atomic mass is 9.77. The van der Waals surface area contributed by atoms with E-state index in [1.165, 1.54) is 0 Å². The lowest BCUT2D eigenvalue weighted by Gasteiger charge is -2.37. The molecule has 2 aliphatic rings. The van der Waals surface area contributed by atoms with E-state index in [0.717, 1.165) is 42.9 Å². The van der Waals surface area contributed by atoms with Crippen LogP contribution in [0.15, 0.2) is 36.7 Å². The molecule has 4 atom stereocenters. The standard InChI is InChI=1S/C21H28N4O3/c1-14-10-22-25(11-14)19-7-15-12-24(13-16(15)8-20(19)28-3)21(26)23-17-5-4-6-18(9-17)27-2/h4-6,9-11,15-16,19-20H,7-8,12-13H2,1-3H3,(H,23,26)/t15-,16+,19-,20-/m0/s1. The van der Waals surface area contributed by atoms with Gasteiger partial charge < -0.3 is 19.7 Å². The number of methoxy groups -OCH3 is 2. The van der Waals surface area contributed by atoms with Crippen molar-refractivity contribution in [1.29, 1.82) is 0 Å². The fourth-order valence-corrected chi connectivity index (χ4v) is 4.61. The molecule has 1 N–H and O–H groups in total. The molecule has 0 bridgehead atoms. The number of hydrogen-bond acceptors (Lipinski definition) is 4. The van der Waals surface area contributed by atoms with Gasteiger partial charge in [0, 0.05) is 38.1 Å². The predicted molar refractivity (Wildman–Crippen MR) is 107 cm³/mol. The van der Waals surface area contributed by atoms with Crippen LogP contribution in [-0.4, -0.2) is 54.1 Å². The van der Waals surface area contributed by atoms with E-state index in [9.17, 15) is 4.79 Å². The first-order chi connectivity index (χ1) is 13.6. The molecule has 2 fully saturated rings. The number of rotatable bonds is 4. The van der Waals surface area contributed by atoms with Gasteiger partial charge in [-0.05, 0) is 49.3 Å². The van der Waals surface area contributed by atoms with Gasteiger partial charge in [-0.3, -0.25) is 4.68 Å². The summed E-state index contributed by atoms with van der Waals surface area (Å²) in [6, 6.07) is 7.61. The van der Waals surface area contributed by atoms with Crippen LogP contribution in [-0.2, 0) is 4.74 Å². The van der Waals surface area contributed by atoms with E-state index in [0.29, 0.717) is 11.8 Å². The molecule has 1 aliphatic heterocycles. The fraction of sp³-hybridized carbons (Fsp3) is 0.524. The summed E-state index contributed by atoms with van der Waals surface area (Å²) in [4.78, 5) is 14.7. The molecule has 28 heavy (non-hydrogen) atoms. The molecular weight excluding hydrogens is 356 g/mol. The van der Waals surface area contributed by atoms with Crippen molar-refractivity contribution in [2.24, 2.45) is 11.8 Å². The van der Waals surface area contributed by atoms with Crippen LogP contribution < -0.4 is 10.1 Å². The highest BCUT2D eigenvalue weighted by Crippen LogP contribution is 2.42. The second-order valence-electron chi connectivity index (χ2n) is 7.90. The molecule has 7 heteroatoms. The van der Waals surface area contributed by atoms with E-state index < -0.39 is 0 Å². The van der Waals surface area contributed by atoms with Crippen molar-refractivity contribution in [3.05, 3.63) is 42.2 Å². The number of ether oxygens (including phenoxy) is 2. The first kappa shape index (κ1) is 18.8. The Hall–Kier alpha value is -2.54. The molecular formula is C21H28N4O3. The van der Waals surface area contributed by atoms with Gasteiger partial charge in [-0.2, -0.15) is 5.10 Å². The maximum atomic E-state index is 12.8. The third kappa shape index (κ3) is 3.71. The summed E-state index contributed by atoms with van der Waals surface area (Å²) in [7, 11) is 3.40. The van der Waals surface area contributed by atoms with E-state index in [1.54, 1.807) is 14.2 Å². The summed E-state index contributed by atoms with van der Waals surface area (Å²) >= 11 is 0. The zero-order valence-electron chi connectivity index (χ0n) is 16.7. The molecule has 4 rings (SSSR count). The minimum atomic E-state index is -0.0527. The summed E-state index contributed by atoms with van der Waals surface area (Å²) in [5, 5.41) is 7.51. The van der Waals surface area contributed by atoms with E-state index >= 15 is 0 Å². The number of urea groups is 1. The highest BCUT2D eigenvalue weighted by molar-refractivity contribution is 5.89. The van der Waals surface area contributed by atoms with Crippen LogP contribution in [0.25, 0.3) is 0 Å². The van der Waals surface area contributed by atoms with Crippen molar-refractivity contribution in [3.63, 3.8) is 0 Å². The average Bonchev–Trinajstić information content (AvgIpc) is 3.32. The third-order valence-corrected chi connectivity index (χ3v) is 6.07. The van der Waals surface area contributed by atoms with Crippen LogP contribution in [0.2, 0.25) is 0 Å². The number of benzene rings is 1. The molecule has 2 amide bonds. The Balaban J connectivity index is 1.43. The predicted octanol–water partition coefficient (Wildman–Crippen LogP) is 3.33. The van der Waals surface area contributed by atoms with Gasteiger partial charge in [-0.25, -0.2) is 4.79 Å². The Morgan fingerprint density at radius 2 is 2.00 bits per heavy atom. The first-order valence-corrected chi connectivity index (χ1v) is 9.81. The highest BCUT2D eigenvalue weighted by Gasteiger charge is 2.44. The third-order valence-electron chi connectivity index (χ3n) is 6.07. The number of hydrogen-bond donors (Lipinski definition) is 1. The lowest BCUT2D eigenvalue weighted by molar-refractivity contribution is -0.00487. The van der Waals surface area contributed by atoms with Crippen molar-refractivity contribution in [3.8, 4) is 5.75 Å². The highest BCUT2D eigenvalue weighted by atomic mass is 16.5. The number of aromatic nitrogens is 2. The molecule has 1 aliphatic carbocycles. The quantitative estimate of drug-likeness (QED) is 0.878. The number of carbonyl (C=O) groups excluding carboxylic acids is 1. The van der Waals surface area contributed by atoms with Crippen LogP contribution in [0.1, 0.15) is 24.4 Å². The maximum absolute atomic E-state index is 12.8. The van der Waals surface area contributed by atoms with Gasteiger partial charge in [0.05, 0.1) is 25.5 Å². The summed E-state index contributed by atoms with van der Waals surface area (Å²) in [6.07, 6.45) is 6.03. The second kappa shape index (κ2) is 7.83. The van der Waals surface area contributed by atoms with Gasteiger partial charge >= 0.3 is 6.03 Å². The number of fused-ring (bicyclic) bond motifs is 1. The van der Waals surface area contributed by atoms with Crippen LogP contribution in [0, 0.1) is 18.8 Å². The van der Waals surface area contributed by atoms with Crippen LogP contribution in [0.5, 0.6) is 5.75 Å². The van der Waals surface area contributed by atoms with E-state index in [2.05, 4.69) is 23.5 Å². The minimum absolute atomic E-state index is 0.0527. The Bertz CT molecular complexity index is 837. The molecule has 150 valence electrons. The van der Waals surface area contributed by atoms with Crippen molar-refractivity contribution in [2.75, 3.05) is 32.6 Å².